The van der Waals surface area contributed by atoms with E-state index < -0.39 is 0 Å². The summed E-state index contributed by atoms with van der Waals surface area (Å²) in [4.78, 5) is 0. The zero-order chi connectivity index (χ0) is 12.0. The van der Waals surface area contributed by atoms with Gasteiger partial charge in [-0.05, 0) is 43.3 Å². The molecule has 2 N–H and O–H groups in total. The van der Waals surface area contributed by atoms with E-state index in [1.807, 2.05) is 6.92 Å². The molecule has 0 fully saturated rings. The van der Waals surface area contributed by atoms with Gasteiger partial charge in [-0.25, -0.2) is 0 Å². The van der Waals surface area contributed by atoms with Crippen LogP contribution in [0.25, 0.3) is 0 Å². The largest absolute Gasteiger partial charge is 0.363 e. The van der Waals surface area contributed by atoms with Gasteiger partial charge in [0, 0.05) is 11.0 Å². The summed E-state index contributed by atoms with van der Waals surface area (Å²) in [6.07, 6.45) is 1.01. The van der Waals surface area contributed by atoms with E-state index in [1.54, 1.807) is 0 Å². The van der Waals surface area contributed by atoms with Crippen LogP contribution in [-0.2, 0) is 0 Å². The lowest BCUT2D eigenvalue weighted by Gasteiger charge is -2.19. The molecule has 0 aromatic heterocycles. The fraction of sp³-hybridized carbons (Fsp3) is 0.417. The van der Waals surface area contributed by atoms with Crippen molar-refractivity contribution in [1.82, 2.24) is 10.6 Å². The van der Waals surface area contributed by atoms with E-state index in [0.29, 0.717) is 0 Å². The van der Waals surface area contributed by atoms with Crippen molar-refractivity contribution in [3.05, 3.63) is 34.3 Å². The Morgan fingerprint density at radius 1 is 1.31 bits per heavy atom. The number of rotatable bonds is 4. The van der Waals surface area contributed by atoms with Gasteiger partial charge in [0.2, 0.25) is 0 Å². The van der Waals surface area contributed by atoms with Crippen LogP contribution in [0.4, 0.5) is 0 Å². The van der Waals surface area contributed by atoms with Gasteiger partial charge in [-0.1, -0.05) is 35.0 Å². The molecule has 4 heteroatoms. The summed E-state index contributed by atoms with van der Waals surface area (Å²) >= 11 is 8.62. The summed E-state index contributed by atoms with van der Waals surface area (Å²) in [7, 11) is 0. The van der Waals surface area contributed by atoms with Crippen LogP contribution >= 0.6 is 28.1 Å². The van der Waals surface area contributed by atoms with Crippen molar-refractivity contribution >= 4 is 33.3 Å². The van der Waals surface area contributed by atoms with Crippen molar-refractivity contribution in [3.63, 3.8) is 0 Å². The lowest BCUT2D eigenvalue weighted by molar-refractivity contribution is 0.618. The maximum Gasteiger partial charge on any atom is 0.166 e. The molecule has 0 aliphatic heterocycles. The minimum absolute atomic E-state index is 0.277. The maximum absolute atomic E-state index is 5.19. The van der Waals surface area contributed by atoms with Crippen LogP contribution in [0.5, 0.6) is 0 Å². The molecule has 0 amide bonds. The summed E-state index contributed by atoms with van der Waals surface area (Å²) in [5, 5.41) is 7.13. The van der Waals surface area contributed by atoms with Gasteiger partial charge in [0.25, 0.3) is 0 Å². The minimum Gasteiger partial charge on any atom is -0.363 e. The first-order valence-corrected chi connectivity index (χ1v) is 6.67. The van der Waals surface area contributed by atoms with Crippen LogP contribution in [-0.4, -0.2) is 11.7 Å². The fourth-order valence-corrected chi connectivity index (χ4v) is 2.04. The van der Waals surface area contributed by atoms with Crippen LogP contribution in [0.1, 0.15) is 31.9 Å². The third-order valence-electron chi connectivity index (χ3n) is 2.32. The predicted octanol–water partition coefficient (Wildman–Crippen LogP) is 3.38. The monoisotopic (exact) mass is 300 g/mol. The zero-order valence-electron chi connectivity index (χ0n) is 9.59. The van der Waals surface area contributed by atoms with Crippen molar-refractivity contribution in [1.29, 1.82) is 0 Å². The number of benzene rings is 1. The highest BCUT2D eigenvalue weighted by atomic mass is 79.9. The summed E-state index contributed by atoms with van der Waals surface area (Å²) in [5.41, 5.74) is 1.26. The van der Waals surface area contributed by atoms with Crippen molar-refractivity contribution in [2.45, 2.75) is 26.3 Å². The number of hydrogen-bond acceptors (Lipinski definition) is 1. The molecule has 1 aromatic rings. The molecule has 0 aliphatic carbocycles. The van der Waals surface area contributed by atoms with E-state index in [1.165, 1.54) is 5.56 Å². The van der Waals surface area contributed by atoms with Crippen LogP contribution < -0.4 is 10.6 Å². The SMILES string of the molecule is CCNC(=S)N[C@H](CC)c1ccc(Br)cc1. The first-order valence-electron chi connectivity index (χ1n) is 5.47. The van der Waals surface area contributed by atoms with Gasteiger partial charge in [-0.15, -0.1) is 0 Å². The number of nitrogens with one attached hydrogen (secondary N) is 2. The average molecular weight is 301 g/mol. The van der Waals surface area contributed by atoms with E-state index in [9.17, 15) is 0 Å². The Morgan fingerprint density at radius 3 is 2.44 bits per heavy atom. The Balaban J connectivity index is 2.67. The van der Waals surface area contributed by atoms with Gasteiger partial charge in [0.05, 0.1) is 6.04 Å². The molecule has 88 valence electrons. The van der Waals surface area contributed by atoms with Gasteiger partial charge in [0.15, 0.2) is 5.11 Å². The second kappa shape index (κ2) is 6.86. The third kappa shape index (κ3) is 4.10. The number of thiocarbonyl (C=S) groups is 1. The minimum atomic E-state index is 0.277. The fourth-order valence-electron chi connectivity index (χ4n) is 1.49. The highest BCUT2D eigenvalue weighted by molar-refractivity contribution is 9.10. The Morgan fingerprint density at radius 2 is 1.94 bits per heavy atom. The van der Waals surface area contributed by atoms with Gasteiger partial charge in [-0.2, -0.15) is 0 Å². The highest BCUT2D eigenvalue weighted by Gasteiger charge is 2.09. The second-order valence-corrected chi connectivity index (χ2v) is 4.84. The summed E-state index contributed by atoms with van der Waals surface area (Å²) in [5.74, 6) is 0. The summed E-state index contributed by atoms with van der Waals surface area (Å²) in [6, 6.07) is 8.60. The molecule has 0 unspecified atom stereocenters. The molecule has 0 aliphatic rings. The average Bonchev–Trinajstić information content (AvgIpc) is 2.27. The van der Waals surface area contributed by atoms with Crippen molar-refractivity contribution in [3.8, 4) is 0 Å². The van der Waals surface area contributed by atoms with Gasteiger partial charge in [0.1, 0.15) is 0 Å². The Bertz CT molecular complexity index is 337. The lowest BCUT2D eigenvalue weighted by Crippen LogP contribution is -2.37. The molecule has 0 saturated carbocycles. The maximum atomic E-state index is 5.19. The Kier molecular flexibility index (Phi) is 5.77. The Labute approximate surface area is 111 Å². The number of hydrogen-bond donors (Lipinski definition) is 2. The number of halogens is 1. The molecular formula is C12H17BrN2S. The highest BCUT2D eigenvalue weighted by Crippen LogP contribution is 2.19. The van der Waals surface area contributed by atoms with Crippen LogP contribution in [0.15, 0.2) is 28.7 Å². The quantitative estimate of drug-likeness (QED) is 0.834. The second-order valence-electron chi connectivity index (χ2n) is 3.52. The predicted molar refractivity (Wildman–Crippen MR) is 76.6 cm³/mol. The van der Waals surface area contributed by atoms with Crippen LogP contribution in [0.3, 0.4) is 0 Å². The first-order chi connectivity index (χ1) is 7.67. The molecular weight excluding hydrogens is 284 g/mol. The molecule has 0 bridgehead atoms. The molecule has 1 rings (SSSR count). The molecule has 0 spiro atoms. The van der Waals surface area contributed by atoms with E-state index >= 15 is 0 Å². The zero-order valence-corrected chi connectivity index (χ0v) is 12.0. The van der Waals surface area contributed by atoms with Crippen molar-refractivity contribution in [2.24, 2.45) is 0 Å². The molecule has 1 aromatic carbocycles. The normalized spacial score (nSPS) is 11.9. The van der Waals surface area contributed by atoms with Gasteiger partial charge in [-0.3, -0.25) is 0 Å². The van der Waals surface area contributed by atoms with Gasteiger partial charge < -0.3 is 10.6 Å². The molecule has 2 nitrogen and oxygen atoms in total. The molecule has 16 heavy (non-hydrogen) atoms. The molecule has 0 heterocycles. The Hall–Kier alpha value is -0.610. The van der Waals surface area contributed by atoms with E-state index in [2.05, 4.69) is 57.8 Å². The topological polar surface area (TPSA) is 24.1 Å². The smallest absolute Gasteiger partial charge is 0.166 e. The third-order valence-corrected chi connectivity index (χ3v) is 3.11. The molecule has 0 saturated heterocycles. The lowest BCUT2D eigenvalue weighted by atomic mass is 10.1. The standard InChI is InChI=1S/C12H17BrN2S/c1-3-11(15-12(16)14-4-2)9-5-7-10(13)8-6-9/h5-8,11H,3-4H2,1-2H3,(H2,14,15,16)/t11-/m1/s1. The molecule has 0 radical (unpaired) electrons. The van der Waals surface area contributed by atoms with Crippen molar-refractivity contribution in [2.75, 3.05) is 6.54 Å². The molecule has 1 atom stereocenters. The van der Waals surface area contributed by atoms with Crippen molar-refractivity contribution < 1.29 is 0 Å². The summed E-state index contributed by atoms with van der Waals surface area (Å²) in [6.45, 7) is 5.03. The van der Waals surface area contributed by atoms with Crippen LogP contribution in [0.2, 0.25) is 0 Å². The van der Waals surface area contributed by atoms with Gasteiger partial charge >= 0.3 is 0 Å². The van der Waals surface area contributed by atoms with E-state index in [0.717, 1.165) is 22.6 Å². The van der Waals surface area contributed by atoms with E-state index in [-0.39, 0.29) is 6.04 Å². The van der Waals surface area contributed by atoms with Crippen LogP contribution in [0, 0.1) is 0 Å². The van der Waals surface area contributed by atoms with E-state index in [4.69, 9.17) is 12.2 Å². The summed E-state index contributed by atoms with van der Waals surface area (Å²) < 4.78 is 1.10. The first kappa shape index (κ1) is 13.5.